The summed E-state index contributed by atoms with van der Waals surface area (Å²) < 4.78 is 0. The second-order valence-electron chi connectivity index (χ2n) is 1.80. The number of aromatic hydroxyl groups is 1. The van der Waals surface area contributed by atoms with Gasteiger partial charge in [0.25, 0.3) is 0 Å². The molecule has 0 atom stereocenters. The minimum atomic E-state index is 0. The fourth-order valence-corrected chi connectivity index (χ4v) is 0.610. The van der Waals surface area contributed by atoms with Gasteiger partial charge in [0.15, 0.2) is 0 Å². The first-order valence-corrected chi connectivity index (χ1v) is 2.74. The van der Waals surface area contributed by atoms with Crippen molar-refractivity contribution in [3.8, 4) is 5.75 Å². The normalized spacial score (nSPS) is 8.00. The third-order valence-corrected chi connectivity index (χ3v) is 1.13. The molecule has 0 aliphatic rings. The maximum Gasteiger partial charge on any atom is 0.115 e. The third-order valence-electron chi connectivity index (χ3n) is 1.13. The summed E-state index contributed by atoms with van der Waals surface area (Å²) in [5.41, 5.74) is 1.02. The quantitative estimate of drug-likeness (QED) is 0.568. The Kier molecular flexibility index (Phi) is 3.95. The Morgan fingerprint density at radius 1 is 1.20 bits per heavy atom. The van der Waals surface area contributed by atoms with Crippen LogP contribution in [0.3, 0.4) is 0 Å². The van der Waals surface area contributed by atoms with Gasteiger partial charge in [0.05, 0.1) is 0 Å². The van der Waals surface area contributed by atoms with Gasteiger partial charge in [-0.2, -0.15) is 0 Å². The first-order valence-electron chi connectivity index (χ1n) is 2.74. The second-order valence-corrected chi connectivity index (χ2v) is 1.80. The molecule has 2 heteroatoms. The number of benzene rings is 1. The van der Waals surface area contributed by atoms with E-state index in [-0.39, 0.29) is 18.9 Å². The van der Waals surface area contributed by atoms with Gasteiger partial charge < -0.3 is 5.11 Å². The summed E-state index contributed by atoms with van der Waals surface area (Å²) in [4.78, 5) is 0. The molecule has 1 N–H and O–H groups in total. The Morgan fingerprint density at radius 2 is 1.70 bits per heavy atom. The molecule has 1 aromatic rings. The van der Waals surface area contributed by atoms with Crippen LogP contribution in [0, 0.1) is 0 Å². The largest absolute Gasteiger partial charge is 0.508 e. The molecule has 0 spiro atoms. The average Bonchev–Trinajstić information content (AvgIpc) is 1.90. The summed E-state index contributed by atoms with van der Waals surface area (Å²) in [5, 5.41) is 8.82. The van der Waals surface area contributed by atoms with Crippen LogP contribution in [0.15, 0.2) is 30.8 Å². The van der Waals surface area contributed by atoms with E-state index >= 15 is 0 Å². The molecule has 0 bridgehead atoms. The number of hydrogen-bond donors (Lipinski definition) is 1. The standard InChI is InChI=1S/C8H8O.Li/c1-2-7-3-5-8(9)6-4-7;/h2-6,9H,1H2;. The van der Waals surface area contributed by atoms with Gasteiger partial charge in [-0.05, 0) is 17.7 Å². The molecular formula is C8H8LiO. The Hall–Kier alpha value is -0.643. The molecule has 1 nitrogen and oxygen atoms in total. The molecule has 10 heavy (non-hydrogen) atoms. The van der Waals surface area contributed by atoms with E-state index in [0.717, 1.165) is 5.56 Å². The molecule has 0 heterocycles. The summed E-state index contributed by atoms with van der Waals surface area (Å²) >= 11 is 0. The van der Waals surface area contributed by atoms with Crippen LogP contribution in [0.2, 0.25) is 0 Å². The number of rotatable bonds is 1. The van der Waals surface area contributed by atoms with Crippen molar-refractivity contribution in [3.05, 3.63) is 36.4 Å². The van der Waals surface area contributed by atoms with Gasteiger partial charge in [0, 0.05) is 18.9 Å². The second kappa shape index (κ2) is 4.22. The van der Waals surface area contributed by atoms with Crippen LogP contribution >= 0.6 is 0 Å². The van der Waals surface area contributed by atoms with Crippen molar-refractivity contribution in [3.63, 3.8) is 0 Å². The first-order chi connectivity index (χ1) is 4.33. The minimum absolute atomic E-state index is 0. The van der Waals surface area contributed by atoms with E-state index in [1.807, 2.05) is 12.1 Å². The monoisotopic (exact) mass is 127 g/mol. The Balaban J connectivity index is 0.000000810. The smallest absolute Gasteiger partial charge is 0.115 e. The summed E-state index contributed by atoms with van der Waals surface area (Å²) in [6, 6.07) is 6.89. The van der Waals surface area contributed by atoms with Crippen molar-refractivity contribution < 1.29 is 5.11 Å². The van der Waals surface area contributed by atoms with Crippen molar-refractivity contribution in [2.24, 2.45) is 0 Å². The van der Waals surface area contributed by atoms with Gasteiger partial charge in [-0.3, -0.25) is 0 Å². The minimum Gasteiger partial charge on any atom is -0.508 e. The SMILES string of the molecule is C=Cc1ccc(O)cc1.[Li]. The Morgan fingerprint density at radius 3 is 2.10 bits per heavy atom. The maximum atomic E-state index is 8.82. The van der Waals surface area contributed by atoms with Crippen LogP contribution in [0.5, 0.6) is 5.75 Å². The van der Waals surface area contributed by atoms with Crippen LogP contribution in [0.4, 0.5) is 0 Å². The molecule has 0 aliphatic heterocycles. The van der Waals surface area contributed by atoms with E-state index in [1.54, 1.807) is 18.2 Å². The zero-order valence-corrected chi connectivity index (χ0v) is 6.04. The third kappa shape index (κ3) is 2.31. The number of phenolic OH excluding ortho intramolecular Hbond substituents is 1. The van der Waals surface area contributed by atoms with Crippen molar-refractivity contribution in [2.45, 2.75) is 0 Å². The summed E-state index contributed by atoms with van der Waals surface area (Å²) in [6.45, 7) is 3.58. The Bertz CT molecular complexity index is 203. The van der Waals surface area contributed by atoms with Gasteiger partial charge in [0.1, 0.15) is 5.75 Å². The van der Waals surface area contributed by atoms with E-state index < -0.39 is 0 Å². The van der Waals surface area contributed by atoms with Gasteiger partial charge in [0.2, 0.25) is 0 Å². The molecule has 0 aliphatic carbocycles. The van der Waals surface area contributed by atoms with E-state index in [0.29, 0.717) is 5.75 Å². The molecule has 0 aromatic heterocycles. The predicted octanol–water partition coefficient (Wildman–Crippen LogP) is 1.65. The molecule has 0 saturated carbocycles. The molecule has 1 rings (SSSR count). The zero-order chi connectivity index (χ0) is 6.69. The molecule has 0 amide bonds. The fourth-order valence-electron chi connectivity index (χ4n) is 0.610. The summed E-state index contributed by atoms with van der Waals surface area (Å²) in [6.07, 6.45) is 1.74. The van der Waals surface area contributed by atoms with E-state index in [9.17, 15) is 0 Å². The molecule has 0 fully saturated rings. The maximum absolute atomic E-state index is 8.82. The summed E-state index contributed by atoms with van der Waals surface area (Å²) in [5.74, 6) is 0.292. The average molecular weight is 127 g/mol. The van der Waals surface area contributed by atoms with Crippen molar-refractivity contribution in [1.29, 1.82) is 0 Å². The van der Waals surface area contributed by atoms with Crippen LogP contribution in [-0.4, -0.2) is 24.0 Å². The first kappa shape index (κ1) is 9.36. The molecule has 47 valence electrons. The van der Waals surface area contributed by atoms with Crippen LogP contribution in [-0.2, 0) is 0 Å². The predicted molar refractivity (Wildman–Crippen MR) is 44.0 cm³/mol. The molecular weight excluding hydrogens is 119 g/mol. The van der Waals surface area contributed by atoms with Crippen molar-refractivity contribution in [2.75, 3.05) is 0 Å². The number of phenols is 1. The topological polar surface area (TPSA) is 20.2 Å². The fraction of sp³-hybridized carbons (Fsp3) is 0. The van der Waals surface area contributed by atoms with E-state index in [1.165, 1.54) is 0 Å². The van der Waals surface area contributed by atoms with Crippen molar-refractivity contribution >= 4 is 24.9 Å². The number of hydrogen-bond acceptors (Lipinski definition) is 1. The van der Waals surface area contributed by atoms with Crippen LogP contribution < -0.4 is 0 Å². The zero-order valence-electron chi connectivity index (χ0n) is 6.04. The summed E-state index contributed by atoms with van der Waals surface area (Å²) in [7, 11) is 0. The van der Waals surface area contributed by atoms with Gasteiger partial charge in [-0.15, -0.1) is 0 Å². The van der Waals surface area contributed by atoms with Gasteiger partial charge >= 0.3 is 0 Å². The van der Waals surface area contributed by atoms with Gasteiger partial charge in [-0.1, -0.05) is 24.8 Å². The molecule has 0 saturated heterocycles. The van der Waals surface area contributed by atoms with E-state index in [4.69, 9.17) is 5.11 Å². The van der Waals surface area contributed by atoms with Crippen LogP contribution in [0.25, 0.3) is 6.08 Å². The van der Waals surface area contributed by atoms with Gasteiger partial charge in [-0.25, -0.2) is 0 Å². The van der Waals surface area contributed by atoms with E-state index in [2.05, 4.69) is 6.58 Å². The van der Waals surface area contributed by atoms with Crippen LogP contribution in [0.1, 0.15) is 5.56 Å². The molecule has 1 aromatic carbocycles. The Labute approximate surface area is 72.6 Å². The molecule has 1 radical (unpaired) electrons. The van der Waals surface area contributed by atoms with Crippen molar-refractivity contribution in [1.82, 2.24) is 0 Å². The molecule has 0 unspecified atom stereocenters.